The van der Waals surface area contributed by atoms with Crippen LogP contribution in [0.25, 0.3) is 0 Å². The Morgan fingerprint density at radius 1 is 1.05 bits per heavy atom. The molecule has 0 aliphatic rings. The molecule has 0 radical (unpaired) electrons. The molecule has 0 bridgehead atoms. The van der Waals surface area contributed by atoms with Gasteiger partial charge >= 0.3 is 0 Å². The van der Waals surface area contributed by atoms with Crippen LogP contribution in [0.15, 0.2) is 30.3 Å². The number of hydrogen-bond donors (Lipinski definition) is 0. The van der Waals surface area contributed by atoms with Gasteiger partial charge < -0.3 is 4.74 Å². The Labute approximate surface area is 127 Å². The molecular weight excluding hydrogens is 319 g/mol. The Morgan fingerprint density at radius 3 is 2.25 bits per heavy atom. The summed E-state index contributed by atoms with van der Waals surface area (Å²) in [5, 5.41) is 0.639. The fraction of sp³-hybridized carbons (Fsp3) is 0.294. The molecule has 0 aliphatic carbocycles. The van der Waals surface area contributed by atoms with Crippen LogP contribution < -0.4 is 4.74 Å². The van der Waals surface area contributed by atoms with Gasteiger partial charge in [0.05, 0.1) is 0 Å². The van der Waals surface area contributed by atoms with Gasteiger partial charge in [0, 0.05) is 5.33 Å². The van der Waals surface area contributed by atoms with Crippen LogP contribution in [-0.2, 0) is 11.9 Å². The summed E-state index contributed by atoms with van der Waals surface area (Å²) in [6.07, 6.45) is 0. The number of halogens is 2. The van der Waals surface area contributed by atoms with Crippen LogP contribution in [0, 0.1) is 26.6 Å². The second-order valence-electron chi connectivity index (χ2n) is 5.06. The highest BCUT2D eigenvalue weighted by atomic mass is 79.9. The molecule has 2 rings (SSSR count). The summed E-state index contributed by atoms with van der Waals surface area (Å²) in [4.78, 5) is 0. The zero-order valence-corrected chi connectivity index (χ0v) is 13.6. The minimum Gasteiger partial charge on any atom is -0.486 e. The molecule has 0 unspecified atom stereocenters. The first kappa shape index (κ1) is 15.0. The van der Waals surface area contributed by atoms with E-state index in [9.17, 15) is 4.39 Å². The highest BCUT2D eigenvalue weighted by Crippen LogP contribution is 2.23. The van der Waals surface area contributed by atoms with E-state index in [-0.39, 0.29) is 5.82 Å². The monoisotopic (exact) mass is 336 g/mol. The molecule has 0 saturated heterocycles. The summed E-state index contributed by atoms with van der Waals surface area (Å²) in [5.41, 5.74) is 5.62. The zero-order valence-electron chi connectivity index (χ0n) is 12.0. The number of aryl methyl sites for hydroxylation is 3. The molecule has 3 heteroatoms. The fourth-order valence-electron chi connectivity index (χ4n) is 2.33. The van der Waals surface area contributed by atoms with Crippen LogP contribution in [0.4, 0.5) is 4.39 Å². The molecule has 0 amide bonds. The minimum atomic E-state index is -0.315. The topological polar surface area (TPSA) is 9.23 Å². The minimum absolute atomic E-state index is 0.300. The molecule has 0 N–H and O–H groups in total. The van der Waals surface area contributed by atoms with Crippen molar-refractivity contribution in [2.75, 3.05) is 0 Å². The summed E-state index contributed by atoms with van der Waals surface area (Å²) in [6.45, 7) is 6.58. The number of hydrogen-bond acceptors (Lipinski definition) is 1. The van der Waals surface area contributed by atoms with Gasteiger partial charge in [-0.05, 0) is 55.2 Å². The van der Waals surface area contributed by atoms with E-state index >= 15 is 0 Å². The van der Waals surface area contributed by atoms with E-state index in [4.69, 9.17) is 4.74 Å². The van der Waals surface area contributed by atoms with Crippen molar-refractivity contribution in [3.05, 3.63) is 64.0 Å². The summed E-state index contributed by atoms with van der Waals surface area (Å²) >= 11 is 3.31. The van der Waals surface area contributed by atoms with E-state index in [1.165, 1.54) is 22.8 Å². The second-order valence-corrected chi connectivity index (χ2v) is 5.63. The zero-order chi connectivity index (χ0) is 14.7. The molecule has 20 heavy (non-hydrogen) atoms. The van der Waals surface area contributed by atoms with Crippen molar-refractivity contribution in [1.29, 1.82) is 0 Å². The Bertz CT molecular complexity index is 599. The quantitative estimate of drug-likeness (QED) is 0.695. The Balaban J connectivity index is 2.17. The van der Waals surface area contributed by atoms with Crippen molar-refractivity contribution in [2.24, 2.45) is 0 Å². The van der Waals surface area contributed by atoms with Gasteiger partial charge in [-0.25, -0.2) is 4.39 Å². The number of alkyl halides is 1. The predicted molar refractivity (Wildman–Crippen MR) is 84.0 cm³/mol. The first-order valence-electron chi connectivity index (χ1n) is 6.55. The highest BCUT2D eigenvalue weighted by molar-refractivity contribution is 9.08. The third-order valence-corrected chi connectivity index (χ3v) is 4.01. The number of ether oxygens (including phenoxy) is 1. The molecule has 0 heterocycles. The van der Waals surface area contributed by atoms with Crippen molar-refractivity contribution in [1.82, 2.24) is 0 Å². The van der Waals surface area contributed by atoms with Crippen LogP contribution in [0.5, 0.6) is 5.75 Å². The van der Waals surface area contributed by atoms with E-state index in [0.29, 0.717) is 17.7 Å². The summed E-state index contributed by atoms with van der Waals surface area (Å²) in [6, 6.07) is 9.29. The molecular formula is C17H18BrFO. The average molecular weight is 337 g/mol. The van der Waals surface area contributed by atoms with Crippen molar-refractivity contribution in [2.45, 2.75) is 32.7 Å². The molecule has 2 aromatic rings. The maximum absolute atomic E-state index is 13.9. The Morgan fingerprint density at radius 2 is 1.70 bits per heavy atom. The fourth-order valence-corrected chi connectivity index (χ4v) is 2.68. The van der Waals surface area contributed by atoms with E-state index in [2.05, 4.69) is 48.8 Å². The summed E-state index contributed by atoms with van der Waals surface area (Å²) < 4.78 is 19.5. The van der Waals surface area contributed by atoms with Crippen LogP contribution in [-0.4, -0.2) is 0 Å². The second kappa shape index (κ2) is 6.40. The lowest BCUT2D eigenvalue weighted by atomic mass is 10.0. The van der Waals surface area contributed by atoms with Gasteiger partial charge in [0.2, 0.25) is 0 Å². The van der Waals surface area contributed by atoms with Gasteiger partial charge in [0.15, 0.2) is 11.6 Å². The Kier molecular flexibility index (Phi) is 4.81. The van der Waals surface area contributed by atoms with Gasteiger partial charge in [0.25, 0.3) is 0 Å². The summed E-state index contributed by atoms with van der Waals surface area (Å²) in [5.74, 6) is -0.0153. The standard InChI is InChI=1S/C17H18BrFO/c1-11-6-12(2)15(13(3)7-11)10-20-17-5-4-14(9-18)8-16(17)19/h4-8H,9-10H2,1-3H3. The maximum atomic E-state index is 13.9. The van der Waals surface area contributed by atoms with E-state index in [1.54, 1.807) is 6.07 Å². The van der Waals surface area contributed by atoms with Crippen LogP contribution in [0.1, 0.15) is 27.8 Å². The van der Waals surface area contributed by atoms with Crippen molar-refractivity contribution < 1.29 is 9.13 Å². The van der Waals surface area contributed by atoms with Gasteiger partial charge in [-0.2, -0.15) is 0 Å². The first-order valence-corrected chi connectivity index (χ1v) is 7.67. The van der Waals surface area contributed by atoms with Crippen molar-refractivity contribution >= 4 is 15.9 Å². The van der Waals surface area contributed by atoms with Gasteiger partial charge in [-0.3, -0.25) is 0 Å². The Hall–Kier alpha value is -1.35. The van der Waals surface area contributed by atoms with Crippen LogP contribution >= 0.6 is 15.9 Å². The average Bonchev–Trinajstić information content (AvgIpc) is 2.39. The highest BCUT2D eigenvalue weighted by Gasteiger charge is 2.08. The normalized spacial score (nSPS) is 10.7. The van der Waals surface area contributed by atoms with Crippen LogP contribution in [0.3, 0.4) is 0 Å². The third-order valence-electron chi connectivity index (χ3n) is 3.36. The molecule has 0 aliphatic heterocycles. The molecule has 0 atom stereocenters. The third kappa shape index (κ3) is 3.40. The predicted octanol–water partition coefficient (Wildman–Crippen LogP) is 5.22. The van der Waals surface area contributed by atoms with Crippen molar-refractivity contribution in [3.63, 3.8) is 0 Å². The largest absolute Gasteiger partial charge is 0.486 e. The van der Waals surface area contributed by atoms with Gasteiger partial charge in [0.1, 0.15) is 6.61 Å². The number of benzene rings is 2. The molecule has 0 spiro atoms. The maximum Gasteiger partial charge on any atom is 0.165 e. The lowest BCUT2D eigenvalue weighted by Crippen LogP contribution is -2.02. The molecule has 0 fully saturated rings. The molecule has 2 aromatic carbocycles. The van der Waals surface area contributed by atoms with Gasteiger partial charge in [-0.15, -0.1) is 0 Å². The van der Waals surface area contributed by atoms with E-state index in [1.807, 2.05) is 6.07 Å². The lowest BCUT2D eigenvalue weighted by molar-refractivity contribution is 0.288. The van der Waals surface area contributed by atoms with Crippen molar-refractivity contribution in [3.8, 4) is 5.75 Å². The van der Waals surface area contributed by atoms with Crippen LogP contribution in [0.2, 0.25) is 0 Å². The lowest BCUT2D eigenvalue weighted by Gasteiger charge is -2.13. The molecule has 106 valence electrons. The van der Waals surface area contributed by atoms with Gasteiger partial charge in [-0.1, -0.05) is 39.7 Å². The SMILES string of the molecule is Cc1cc(C)c(COc2ccc(CBr)cc2F)c(C)c1. The molecule has 0 aromatic heterocycles. The first-order chi connectivity index (χ1) is 9.51. The molecule has 0 saturated carbocycles. The smallest absolute Gasteiger partial charge is 0.165 e. The number of rotatable bonds is 4. The van der Waals surface area contributed by atoms with E-state index < -0.39 is 0 Å². The molecule has 1 nitrogen and oxygen atoms in total. The summed E-state index contributed by atoms with van der Waals surface area (Å²) in [7, 11) is 0. The van der Waals surface area contributed by atoms with E-state index in [0.717, 1.165) is 11.1 Å².